The van der Waals surface area contributed by atoms with E-state index in [1.54, 1.807) is 11.3 Å². The maximum absolute atomic E-state index is 12.5. The van der Waals surface area contributed by atoms with E-state index in [-0.39, 0.29) is 17.9 Å². The number of carbonyl (C=O) groups excluding carboxylic acids is 1. The van der Waals surface area contributed by atoms with Crippen LogP contribution in [-0.2, 0) is 17.6 Å². The summed E-state index contributed by atoms with van der Waals surface area (Å²) < 4.78 is 0. The third-order valence-electron chi connectivity index (χ3n) is 5.37. The van der Waals surface area contributed by atoms with E-state index in [2.05, 4.69) is 38.9 Å². The van der Waals surface area contributed by atoms with E-state index in [1.807, 2.05) is 20.8 Å². The van der Waals surface area contributed by atoms with E-state index in [0.29, 0.717) is 34.6 Å². The molecule has 2 atom stereocenters. The number of rotatable bonds is 3. The Kier molecular flexibility index (Phi) is 4.71. The highest BCUT2D eigenvalue weighted by Crippen LogP contribution is 2.42. The fraction of sp³-hybridized carbons (Fsp3) is 0.500. The molecule has 2 unspecified atom stereocenters. The van der Waals surface area contributed by atoms with Crippen molar-refractivity contribution in [3.63, 3.8) is 0 Å². The molecule has 4 rings (SSSR count). The van der Waals surface area contributed by atoms with Crippen molar-refractivity contribution in [2.24, 2.45) is 11.8 Å². The average Bonchev–Trinajstić information content (AvgIpc) is 2.97. The maximum Gasteiger partial charge on any atom is 0.247 e. The number of aromatic nitrogens is 2. The second kappa shape index (κ2) is 7.06. The Morgan fingerprint density at radius 3 is 2.86 bits per heavy atom. The van der Waals surface area contributed by atoms with Gasteiger partial charge in [-0.3, -0.25) is 4.79 Å². The van der Waals surface area contributed by atoms with Crippen molar-refractivity contribution >= 4 is 39.6 Å². The number of nitriles is 1. The van der Waals surface area contributed by atoms with Gasteiger partial charge in [-0.05, 0) is 43.6 Å². The van der Waals surface area contributed by atoms with E-state index < -0.39 is 0 Å². The highest BCUT2D eigenvalue weighted by atomic mass is 32.1. The Labute approximate surface area is 168 Å². The Hall–Kier alpha value is -2.66. The molecule has 0 saturated heterocycles. The van der Waals surface area contributed by atoms with Crippen molar-refractivity contribution in [2.75, 3.05) is 16.0 Å². The highest BCUT2D eigenvalue weighted by Gasteiger charge is 2.32. The molecule has 28 heavy (non-hydrogen) atoms. The molecule has 3 N–H and O–H groups in total. The van der Waals surface area contributed by atoms with Gasteiger partial charge in [0.25, 0.3) is 0 Å². The van der Waals surface area contributed by atoms with Gasteiger partial charge in [-0.25, -0.2) is 9.97 Å². The summed E-state index contributed by atoms with van der Waals surface area (Å²) in [5, 5.41) is 20.0. The fourth-order valence-electron chi connectivity index (χ4n) is 3.83. The van der Waals surface area contributed by atoms with Crippen molar-refractivity contribution in [1.29, 1.82) is 5.26 Å². The summed E-state index contributed by atoms with van der Waals surface area (Å²) in [6.07, 6.45) is 3.05. The first-order chi connectivity index (χ1) is 13.4. The molecule has 0 radical (unpaired) electrons. The molecular formula is C20H24N6OS. The molecule has 7 nitrogen and oxygen atoms in total. The first-order valence-corrected chi connectivity index (χ1v) is 10.5. The lowest BCUT2D eigenvalue weighted by molar-refractivity contribution is -0.117. The number of thiophene rings is 1. The second-order valence-electron chi connectivity index (χ2n) is 7.99. The van der Waals surface area contributed by atoms with Crippen LogP contribution in [0.5, 0.6) is 0 Å². The molecule has 2 aromatic heterocycles. The minimum atomic E-state index is -0.333. The van der Waals surface area contributed by atoms with E-state index in [0.717, 1.165) is 29.8 Å². The van der Waals surface area contributed by atoms with Crippen LogP contribution in [0, 0.1) is 30.1 Å². The number of nitrogens with zero attached hydrogens (tertiary/aromatic N) is 3. The van der Waals surface area contributed by atoms with Gasteiger partial charge in [0.15, 0.2) is 11.6 Å². The van der Waals surface area contributed by atoms with Crippen LogP contribution in [-0.4, -0.2) is 21.9 Å². The lowest BCUT2D eigenvalue weighted by Crippen LogP contribution is -2.43. The number of hydrogen-bond acceptors (Lipinski definition) is 7. The second-order valence-corrected chi connectivity index (χ2v) is 9.10. The minimum absolute atomic E-state index is 0.0993. The molecule has 0 saturated carbocycles. The smallest absolute Gasteiger partial charge is 0.247 e. The van der Waals surface area contributed by atoms with Crippen LogP contribution in [0.2, 0.25) is 0 Å². The van der Waals surface area contributed by atoms with E-state index >= 15 is 0 Å². The molecular weight excluding hydrogens is 372 g/mol. The summed E-state index contributed by atoms with van der Waals surface area (Å²) in [7, 11) is 0. The van der Waals surface area contributed by atoms with Gasteiger partial charge in [0.05, 0.1) is 5.56 Å². The van der Waals surface area contributed by atoms with Crippen LogP contribution in [0.3, 0.4) is 0 Å². The van der Waals surface area contributed by atoms with Gasteiger partial charge >= 0.3 is 0 Å². The Morgan fingerprint density at radius 1 is 1.36 bits per heavy atom. The summed E-state index contributed by atoms with van der Waals surface area (Å²) in [5.41, 5.74) is 2.40. The summed E-state index contributed by atoms with van der Waals surface area (Å²) in [6.45, 7) is 8.05. The predicted octanol–water partition coefficient (Wildman–Crippen LogP) is 3.98. The van der Waals surface area contributed by atoms with Crippen molar-refractivity contribution in [3.05, 3.63) is 21.8 Å². The number of amides is 1. The number of anilines is 4. The zero-order valence-corrected chi connectivity index (χ0v) is 17.3. The number of hydrogen-bond donors (Lipinski definition) is 3. The van der Waals surface area contributed by atoms with Crippen LogP contribution in [0.1, 0.15) is 49.0 Å². The Balaban J connectivity index is 1.73. The number of carbonyl (C=O) groups is 1. The van der Waals surface area contributed by atoms with Crippen LogP contribution in [0.4, 0.5) is 22.3 Å². The number of aryl methyl sites for hydroxylation is 1. The molecule has 3 heterocycles. The summed E-state index contributed by atoms with van der Waals surface area (Å²) >= 11 is 1.62. The molecule has 0 fully saturated rings. The molecule has 1 amide bonds. The monoisotopic (exact) mass is 396 g/mol. The summed E-state index contributed by atoms with van der Waals surface area (Å²) in [4.78, 5) is 22.7. The zero-order valence-electron chi connectivity index (χ0n) is 16.5. The Morgan fingerprint density at radius 2 is 2.14 bits per heavy atom. The standard InChI is InChI=1S/C20H24N6OS/c1-9(2)15-19(27)25-16-17(24-15)22-11(4)23-18(16)26-20-13(8-21)12-6-5-10(3)7-14(12)28-20/h9-10,15H,5-7H2,1-4H3,(H,25,27)(H2,22,23,24,26). The third-order valence-corrected chi connectivity index (χ3v) is 6.54. The van der Waals surface area contributed by atoms with E-state index in [9.17, 15) is 10.1 Å². The van der Waals surface area contributed by atoms with Gasteiger partial charge < -0.3 is 16.0 Å². The van der Waals surface area contributed by atoms with Gasteiger partial charge in [-0.2, -0.15) is 5.26 Å². The minimum Gasteiger partial charge on any atom is -0.356 e. The molecule has 0 spiro atoms. The van der Waals surface area contributed by atoms with Crippen molar-refractivity contribution < 1.29 is 4.79 Å². The third kappa shape index (κ3) is 3.20. The molecule has 2 aromatic rings. The van der Waals surface area contributed by atoms with Crippen molar-refractivity contribution in [3.8, 4) is 6.07 Å². The van der Waals surface area contributed by atoms with Gasteiger partial charge in [0, 0.05) is 4.88 Å². The first kappa shape index (κ1) is 18.7. The number of fused-ring (bicyclic) bond motifs is 2. The molecule has 0 bridgehead atoms. The SMILES string of the molecule is Cc1nc(Nc2sc3c(c2C#N)CCC(C)C3)c2c(n1)NC(C(C)C)C(=O)N2. The van der Waals surface area contributed by atoms with Gasteiger partial charge in [0.2, 0.25) is 5.91 Å². The van der Waals surface area contributed by atoms with Crippen LogP contribution in [0.15, 0.2) is 0 Å². The predicted molar refractivity (Wildman–Crippen MR) is 111 cm³/mol. The van der Waals surface area contributed by atoms with Gasteiger partial charge in [-0.15, -0.1) is 11.3 Å². The van der Waals surface area contributed by atoms with Gasteiger partial charge in [-0.1, -0.05) is 20.8 Å². The van der Waals surface area contributed by atoms with Gasteiger partial charge in [0.1, 0.15) is 28.6 Å². The first-order valence-electron chi connectivity index (χ1n) is 9.65. The zero-order chi connectivity index (χ0) is 20.0. The average molecular weight is 397 g/mol. The van der Waals surface area contributed by atoms with Crippen LogP contribution in [0.25, 0.3) is 0 Å². The quantitative estimate of drug-likeness (QED) is 0.725. The summed E-state index contributed by atoms with van der Waals surface area (Å²) in [5.74, 6) is 2.40. The van der Waals surface area contributed by atoms with Crippen molar-refractivity contribution in [1.82, 2.24) is 9.97 Å². The van der Waals surface area contributed by atoms with E-state index in [4.69, 9.17) is 0 Å². The molecule has 1 aliphatic carbocycles. The van der Waals surface area contributed by atoms with Crippen molar-refractivity contribution in [2.45, 2.75) is 53.0 Å². The Bertz CT molecular complexity index is 990. The molecule has 2 aliphatic rings. The normalized spacial score (nSPS) is 20.6. The molecule has 8 heteroatoms. The summed E-state index contributed by atoms with van der Waals surface area (Å²) in [6, 6.07) is 2.03. The van der Waals surface area contributed by atoms with Crippen LogP contribution >= 0.6 is 11.3 Å². The lowest BCUT2D eigenvalue weighted by atomic mass is 9.89. The largest absolute Gasteiger partial charge is 0.356 e. The maximum atomic E-state index is 12.5. The number of nitrogens with one attached hydrogen (secondary N) is 3. The fourth-order valence-corrected chi connectivity index (χ4v) is 5.19. The van der Waals surface area contributed by atoms with E-state index in [1.165, 1.54) is 4.88 Å². The topological polar surface area (TPSA) is 103 Å². The molecule has 1 aliphatic heterocycles. The van der Waals surface area contributed by atoms with Crippen LogP contribution < -0.4 is 16.0 Å². The molecule has 0 aromatic carbocycles. The lowest BCUT2D eigenvalue weighted by Gasteiger charge is -2.29. The highest BCUT2D eigenvalue weighted by molar-refractivity contribution is 7.16. The molecule has 146 valence electrons.